The number of benzene rings is 1. The van der Waals surface area contributed by atoms with E-state index in [9.17, 15) is 14.4 Å². The third-order valence-electron chi connectivity index (χ3n) is 4.97. The molecule has 5 nitrogen and oxygen atoms in total. The van der Waals surface area contributed by atoms with Crippen molar-refractivity contribution in [1.29, 1.82) is 0 Å². The fraction of sp³-hybridized carbons (Fsp3) is 0.500. The van der Waals surface area contributed by atoms with Crippen molar-refractivity contribution in [3.8, 4) is 0 Å². The number of hydrogen-bond donors (Lipinski definition) is 1. The quantitative estimate of drug-likeness (QED) is 0.850. The summed E-state index contributed by atoms with van der Waals surface area (Å²) < 4.78 is 0. The maximum absolute atomic E-state index is 12.4. The van der Waals surface area contributed by atoms with Gasteiger partial charge in [0.15, 0.2) is 0 Å². The molecule has 2 aliphatic rings. The minimum absolute atomic E-state index is 0.100. The van der Waals surface area contributed by atoms with Crippen molar-refractivity contribution in [2.24, 2.45) is 11.8 Å². The first-order valence-corrected chi connectivity index (χ1v) is 8.76. The summed E-state index contributed by atoms with van der Waals surface area (Å²) in [6, 6.07) is 5.28. The van der Waals surface area contributed by atoms with Crippen LogP contribution in [0.1, 0.15) is 37.7 Å². The topological polar surface area (TPSA) is 66.5 Å². The number of imide groups is 1. The predicted molar refractivity (Wildman–Crippen MR) is 91.6 cm³/mol. The van der Waals surface area contributed by atoms with Gasteiger partial charge >= 0.3 is 0 Å². The van der Waals surface area contributed by atoms with Crippen LogP contribution in [0.2, 0.25) is 5.02 Å². The Morgan fingerprint density at radius 1 is 1.21 bits per heavy atom. The number of carbonyl (C=O) groups is 3. The van der Waals surface area contributed by atoms with Crippen molar-refractivity contribution in [3.05, 3.63) is 28.8 Å². The van der Waals surface area contributed by atoms with E-state index in [1.54, 1.807) is 12.1 Å². The lowest BCUT2D eigenvalue weighted by molar-refractivity contribution is -0.140. The van der Waals surface area contributed by atoms with E-state index in [-0.39, 0.29) is 42.5 Å². The molecule has 1 saturated heterocycles. The maximum atomic E-state index is 12.4. The van der Waals surface area contributed by atoms with E-state index >= 15 is 0 Å². The first-order valence-electron chi connectivity index (χ1n) is 8.38. The first-order chi connectivity index (χ1) is 11.5. The van der Waals surface area contributed by atoms with Crippen LogP contribution < -0.4 is 5.32 Å². The lowest BCUT2D eigenvalue weighted by Crippen LogP contribution is -2.34. The summed E-state index contributed by atoms with van der Waals surface area (Å²) >= 11 is 5.94. The van der Waals surface area contributed by atoms with E-state index in [0.717, 1.165) is 31.2 Å². The van der Waals surface area contributed by atoms with Crippen LogP contribution in [0.5, 0.6) is 0 Å². The van der Waals surface area contributed by atoms with Crippen LogP contribution in [-0.4, -0.2) is 29.2 Å². The van der Waals surface area contributed by atoms with Gasteiger partial charge in [-0.05, 0) is 37.5 Å². The third-order valence-corrected chi connectivity index (χ3v) is 5.20. The molecule has 1 heterocycles. The van der Waals surface area contributed by atoms with Crippen LogP contribution in [0.15, 0.2) is 18.2 Å². The van der Waals surface area contributed by atoms with Gasteiger partial charge in [-0.15, -0.1) is 0 Å². The number of anilines is 1. The smallest absolute Gasteiger partial charge is 0.233 e. The molecule has 3 rings (SSSR count). The van der Waals surface area contributed by atoms with Crippen LogP contribution in [0.3, 0.4) is 0 Å². The molecule has 1 aromatic rings. The Bertz CT molecular complexity index is 665. The predicted octanol–water partition coefficient (Wildman–Crippen LogP) is 3.15. The van der Waals surface area contributed by atoms with Crippen LogP contribution in [0, 0.1) is 18.8 Å². The summed E-state index contributed by atoms with van der Waals surface area (Å²) in [6.45, 7) is 2.03. The van der Waals surface area contributed by atoms with Gasteiger partial charge in [0, 0.05) is 23.7 Å². The Balaban J connectivity index is 1.59. The second kappa shape index (κ2) is 6.93. The molecule has 1 aliphatic carbocycles. The van der Waals surface area contributed by atoms with E-state index in [0.29, 0.717) is 10.7 Å². The fourth-order valence-electron chi connectivity index (χ4n) is 3.61. The number of rotatable bonds is 4. The average Bonchev–Trinajstić information content (AvgIpc) is 2.81. The third kappa shape index (κ3) is 3.31. The molecule has 1 aromatic carbocycles. The van der Waals surface area contributed by atoms with Crippen molar-refractivity contribution in [3.63, 3.8) is 0 Å². The first kappa shape index (κ1) is 17.0. The van der Waals surface area contributed by atoms with Crippen molar-refractivity contribution >= 4 is 35.0 Å². The van der Waals surface area contributed by atoms with E-state index in [4.69, 9.17) is 11.6 Å². The zero-order chi connectivity index (χ0) is 17.3. The van der Waals surface area contributed by atoms with Crippen molar-refractivity contribution in [2.75, 3.05) is 11.9 Å². The van der Waals surface area contributed by atoms with Crippen LogP contribution in [-0.2, 0) is 14.4 Å². The molecular weight excluding hydrogens is 328 g/mol. The van der Waals surface area contributed by atoms with Gasteiger partial charge in [0.1, 0.15) is 0 Å². The molecule has 1 saturated carbocycles. The number of amides is 3. The highest BCUT2D eigenvalue weighted by Gasteiger charge is 2.47. The molecule has 6 heteroatoms. The van der Waals surface area contributed by atoms with E-state index < -0.39 is 0 Å². The zero-order valence-electron chi connectivity index (χ0n) is 13.7. The van der Waals surface area contributed by atoms with Gasteiger partial charge in [-0.1, -0.05) is 30.5 Å². The molecule has 24 heavy (non-hydrogen) atoms. The summed E-state index contributed by atoms with van der Waals surface area (Å²) in [5, 5.41) is 3.34. The minimum atomic E-state index is -0.226. The summed E-state index contributed by atoms with van der Waals surface area (Å²) in [5.41, 5.74) is 1.56. The number of carbonyl (C=O) groups excluding carboxylic acids is 3. The lowest BCUT2D eigenvalue weighted by atomic mass is 9.81. The number of fused-ring (bicyclic) bond motifs is 1. The summed E-state index contributed by atoms with van der Waals surface area (Å²) in [6.07, 6.45) is 3.69. The number of likely N-dealkylation sites (tertiary alicyclic amines) is 1. The lowest BCUT2D eigenvalue weighted by Gasteiger charge is -2.19. The highest BCUT2D eigenvalue weighted by atomic mass is 35.5. The molecule has 0 spiro atoms. The van der Waals surface area contributed by atoms with Gasteiger partial charge in [-0.25, -0.2) is 0 Å². The Labute approximate surface area is 146 Å². The number of nitrogens with zero attached hydrogens (tertiary/aromatic N) is 1. The monoisotopic (exact) mass is 348 g/mol. The van der Waals surface area contributed by atoms with Gasteiger partial charge in [0.05, 0.1) is 11.8 Å². The molecular formula is C18H21ClN2O3. The van der Waals surface area contributed by atoms with E-state index in [1.165, 1.54) is 4.90 Å². The molecule has 2 atom stereocenters. The Kier molecular flexibility index (Phi) is 4.90. The molecule has 0 radical (unpaired) electrons. The highest BCUT2D eigenvalue weighted by Crippen LogP contribution is 2.38. The van der Waals surface area contributed by atoms with Gasteiger partial charge in [0.25, 0.3) is 0 Å². The number of aryl methyl sites for hydroxylation is 1. The van der Waals surface area contributed by atoms with Crippen molar-refractivity contribution in [2.45, 2.75) is 39.0 Å². The van der Waals surface area contributed by atoms with Crippen molar-refractivity contribution < 1.29 is 14.4 Å². The average molecular weight is 349 g/mol. The summed E-state index contributed by atoms with van der Waals surface area (Å²) in [5.74, 6) is -0.752. The van der Waals surface area contributed by atoms with Crippen LogP contribution in [0.25, 0.3) is 0 Å². The minimum Gasteiger partial charge on any atom is -0.326 e. The number of halogens is 1. The Morgan fingerprint density at radius 2 is 1.83 bits per heavy atom. The van der Waals surface area contributed by atoms with E-state index in [2.05, 4.69) is 5.32 Å². The molecule has 3 amide bonds. The Morgan fingerprint density at radius 3 is 2.46 bits per heavy atom. The second-order valence-corrected chi connectivity index (χ2v) is 7.02. The molecule has 128 valence electrons. The molecule has 0 aromatic heterocycles. The van der Waals surface area contributed by atoms with Crippen molar-refractivity contribution in [1.82, 2.24) is 4.90 Å². The SMILES string of the molecule is Cc1ccc(Cl)cc1NC(=O)CCN1C(=O)[C@H]2CCCC[C@H]2C1=O. The van der Waals surface area contributed by atoms with Gasteiger partial charge < -0.3 is 5.32 Å². The fourth-order valence-corrected chi connectivity index (χ4v) is 3.78. The standard InChI is InChI=1S/C18H21ClN2O3/c1-11-6-7-12(19)10-15(11)20-16(22)8-9-21-17(23)13-4-2-3-5-14(13)18(21)24/h6-7,10,13-14H,2-5,8-9H2,1H3,(H,20,22)/t13-,14+. The zero-order valence-corrected chi connectivity index (χ0v) is 14.4. The summed E-state index contributed by atoms with van der Waals surface area (Å²) in [4.78, 5) is 38.2. The highest BCUT2D eigenvalue weighted by molar-refractivity contribution is 6.31. The molecule has 1 N–H and O–H groups in total. The normalized spacial score (nSPS) is 23.3. The Hall–Kier alpha value is -1.88. The molecule has 1 aliphatic heterocycles. The number of nitrogens with one attached hydrogen (secondary N) is 1. The molecule has 0 unspecified atom stereocenters. The maximum Gasteiger partial charge on any atom is 0.233 e. The van der Waals surface area contributed by atoms with Gasteiger partial charge in [-0.2, -0.15) is 0 Å². The molecule has 2 fully saturated rings. The van der Waals surface area contributed by atoms with Crippen LogP contribution in [0.4, 0.5) is 5.69 Å². The summed E-state index contributed by atoms with van der Waals surface area (Å²) in [7, 11) is 0. The molecule has 0 bridgehead atoms. The number of hydrogen-bond acceptors (Lipinski definition) is 3. The van der Waals surface area contributed by atoms with E-state index in [1.807, 2.05) is 13.0 Å². The largest absolute Gasteiger partial charge is 0.326 e. The van der Waals surface area contributed by atoms with Crippen LogP contribution >= 0.6 is 11.6 Å². The second-order valence-electron chi connectivity index (χ2n) is 6.58. The van der Waals surface area contributed by atoms with Gasteiger partial charge in [0.2, 0.25) is 17.7 Å². The van der Waals surface area contributed by atoms with Gasteiger partial charge in [-0.3, -0.25) is 19.3 Å².